The predicted molar refractivity (Wildman–Crippen MR) is 119 cm³/mol. The van der Waals surface area contributed by atoms with Gasteiger partial charge in [-0.15, -0.1) is 0 Å². The van der Waals surface area contributed by atoms with Crippen molar-refractivity contribution in [2.24, 2.45) is 0 Å². The first-order valence-electron chi connectivity index (χ1n) is 10.7. The van der Waals surface area contributed by atoms with Gasteiger partial charge in [0, 0.05) is 5.02 Å². The molecule has 1 aliphatic carbocycles. The van der Waals surface area contributed by atoms with E-state index in [-0.39, 0.29) is 12.5 Å². The molecule has 1 heterocycles. The van der Waals surface area contributed by atoms with Crippen LogP contribution in [0.4, 0.5) is 4.79 Å². The van der Waals surface area contributed by atoms with Crippen LogP contribution in [0.5, 0.6) is 0 Å². The number of amides is 4. The maximum Gasteiger partial charge on any atom is 0.325 e. The number of benzene rings is 2. The summed E-state index contributed by atoms with van der Waals surface area (Å²) < 4.78 is 0. The van der Waals surface area contributed by atoms with E-state index >= 15 is 0 Å². The zero-order valence-electron chi connectivity index (χ0n) is 17.3. The van der Waals surface area contributed by atoms with Gasteiger partial charge in [0.25, 0.3) is 5.91 Å². The molecule has 2 aliphatic rings. The van der Waals surface area contributed by atoms with E-state index < -0.39 is 23.5 Å². The number of carbonyl (C=O) groups excluding carboxylic acids is 3. The van der Waals surface area contributed by atoms with Crippen LogP contribution in [-0.4, -0.2) is 34.8 Å². The molecule has 7 heteroatoms. The number of halogens is 1. The molecule has 4 rings (SSSR count). The highest BCUT2D eigenvalue weighted by Crippen LogP contribution is 2.32. The van der Waals surface area contributed by atoms with Gasteiger partial charge in [-0.1, -0.05) is 79.7 Å². The monoisotopic (exact) mass is 439 g/mol. The van der Waals surface area contributed by atoms with Crippen LogP contribution in [0.1, 0.15) is 55.7 Å². The van der Waals surface area contributed by atoms with Crippen molar-refractivity contribution in [2.45, 2.75) is 50.1 Å². The fraction of sp³-hybridized carbons (Fsp3) is 0.375. The SMILES string of the molecule is O=C(CN1C(=O)NC2(CCCCCC2)C1=O)N[C@@H](c1ccccc1)c1ccc(Cl)cc1. The lowest BCUT2D eigenvalue weighted by Gasteiger charge is -2.25. The van der Waals surface area contributed by atoms with Crippen molar-refractivity contribution in [1.82, 2.24) is 15.5 Å². The summed E-state index contributed by atoms with van der Waals surface area (Å²) in [7, 11) is 0. The Morgan fingerprint density at radius 1 is 0.968 bits per heavy atom. The first kappa shape index (κ1) is 21.4. The Morgan fingerprint density at radius 2 is 1.58 bits per heavy atom. The van der Waals surface area contributed by atoms with Crippen LogP contribution in [-0.2, 0) is 9.59 Å². The summed E-state index contributed by atoms with van der Waals surface area (Å²) in [6.07, 6.45) is 5.19. The zero-order valence-corrected chi connectivity index (χ0v) is 18.0. The first-order valence-corrected chi connectivity index (χ1v) is 11.1. The van der Waals surface area contributed by atoms with Crippen molar-refractivity contribution in [2.75, 3.05) is 6.54 Å². The van der Waals surface area contributed by atoms with Crippen LogP contribution in [0.15, 0.2) is 54.6 Å². The number of hydrogen-bond donors (Lipinski definition) is 2. The molecule has 2 aromatic carbocycles. The Morgan fingerprint density at radius 3 is 2.23 bits per heavy atom. The molecule has 2 fully saturated rings. The molecule has 0 radical (unpaired) electrons. The lowest BCUT2D eigenvalue weighted by Crippen LogP contribution is -2.47. The minimum Gasteiger partial charge on any atom is -0.344 e. The standard InChI is InChI=1S/C24H26ClN3O3/c25-19-12-10-18(11-13-19)21(17-8-4-3-5-9-17)26-20(29)16-28-22(30)24(27-23(28)31)14-6-1-2-7-15-24/h3-5,8-13,21H,1-2,6-7,14-16H2,(H,26,29)(H,27,31)/t21-/m0/s1. The third-order valence-electron chi connectivity index (χ3n) is 6.15. The lowest BCUT2D eigenvalue weighted by atomic mass is 9.90. The van der Waals surface area contributed by atoms with Gasteiger partial charge < -0.3 is 10.6 Å². The van der Waals surface area contributed by atoms with Crippen LogP contribution < -0.4 is 10.6 Å². The largest absolute Gasteiger partial charge is 0.344 e. The van der Waals surface area contributed by atoms with E-state index in [0.717, 1.165) is 41.7 Å². The highest BCUT2D eigenvalue weighted by Gasteiger charge is 2.51. The first-order chi connectivity index (χ1) is 15.0. The van der Waals surface area contributed by atoms with E-state index in [1.807, 2.05) is 42.5 Å². The van der Waals surface area contributed by atoms with Crippen molar-refractivity contribution in [3.63, 3.8) is 0 Å². The average Bonchev–Trinajstić information content (AvgIpc) is 2.93. The molecule has 1 saturated carbocycles. The smallest absolute Gasteiger partial charge is 0.325 e. The van der Waals surface area contributed by atoms with Gasteiger partial charge in [-0.3, -0.25) is 14.5 Å². The third-order valence-corrected chi connectivity index (χ3v) is 6.40. The molecule has 1 atom stereocenters. The van der Waals surface area contributed by atoms with E-state index in [0.29, 0.717) is 17.9 Å². The number of urea groups is 1. The molecule has 2 N–H and O–H groups in total. The van der Waals surface area contributed by atoms with Crippen LogP contribution in [0.25, 0.3) is 0 Å². The molecule has 1 aliphatic heterocycles. The van der Waals surface area contributed by atoms with E-state index in [1.165, 1.54) is 0 Å². The van der Waals surface area contributed by atoms with Crippen molar-refractivity contribution >= 4 is 29.4 Å². The van der Waals surface area contributed by atoms with E-state index in [1.54, 1.807) is 12.1 Å². The second-order valence-corrected chi connectivity index (χ2v) is 8.72. The number of rotatable bonds is 5. The third kappa shape index (κ3) is 4.59. The molecule has 1 saturated heterocycles. The van der Waals surface area contributed by atoms with Gasteiger partial charge in [0.15, 0.2) is 0 Å². The summed E-state index contributed by atoms with van der Waals surface area (Å²) in [5.74, 6) is -0.671. The Labute approximate surface area is 187 Å². The minimum atomic E-state index is -0.844. The topological polar surface area (TPSA) is 78.5 Å². The summed E-state index contributed by atoms with van der Waals surface area (Å²) in [6, 6.07) is 15.9. The van der Waals surface area contributed by atoms with Gasteiger partial charge in [-0.25, -0.2) is 4.79 Å². The fourth-order valence-corrected chi connectivity index (χ4v) is 4.63. The Kier molecular flexibility index (Phi) is 6.28. The number of carbonyl (C=O) groups is 3. The average molecular weight is 440 g/mol. The van der Waals surface area contributed by atoms with Crippen LogP contribution in [0.2, 0.25) is 5.02 Å². The predicted octanol–water partition coefficient (Wildman–Crippen LogP) is 4.19. The quantitative estimate of drug-likeness (QED) is 0.685. The van der Waals surface area contributed by atoms with Gasteiger partial charge in [0.1, 0.15) is 12.1 Å². The zero-order chi connectivity index (χ0) is 21.8. The van der Waals surface area contributed by atoms with Crippen molar-refractivity contribution in [3.8, 4) is 0 Å². The molecular formula is C24H26ClN3O3. The van der Waals surface area contributed by atoms with Crippen LogP contribution in [0.3, 0.4) is 0 Å². The van der Waals surface area contributed by atoms with Gasteiger partial charge in [-0.05, 0) is 36.1 Å². The van der Waals surface area contributed by atoms with E-state index in [2.05, 4.69) is 10.6 Å². The molecular weight excluding hydrogens is 414 g/mol. The number of nitrogens with one attached hydrogen (secondary N) is 2. The molecule has 0 unspecified atom stereocenters. The van der Waals surface area contributed by atoms with E-state index in [9.17, 15) is 14.4 Å². The van der Waals surface area contributed by atoms with Crippen molar-refractivity contribution < 1.29 is 14.4 Å². The summed E-state index contributed by atoms with van der Waals surface area (Å²) in [6.45, 7) is -0.302. The van der Waals surface area contributed by atoms with Crippen LogP contribution in [0, 0.1) is 0 Å². The molecule has 6 nitrogen and oxygen atoms in total. The lowest BCUT2D eigenvalue weighted by molar-refractivity contribution is -0.135. The van der Waals surface area contributed by atoms with Crippen LogP contribution >= 0.6 is 11.6 Å². The molecule has 0 bridgehead atoms. The summed E-state index contributed by atoms with van der Waals surface area (Å²) in [5.41, 5.74) is 0.917. The maximum absolute atomic E-state index is 13.1. The van der Waals surface area contributed by atoms with Gasteiger partial charge >= 0.3 is 6.03 Å². The molecule has 162 valence electrons. The van der Waals surface area contributed by atoms with Gasteiger partial charge in [0.2, 0.25) is 5.91 Å². The van der Waals surface area contributed by atoms with Gasteiger partial charge in [-0.2, -0.15) is 0 Å². The highest BCUT2D eigenvalue weighted by atomic mass is 35.5. The summed E-state index contributed by atoms with van der Waals surface area (Å²) >= 11 is 6.02. The van der Waals surface area contributed by atoms with E-state index in [4.69, 9.17) is 11.6 Å². The van der Waals surface area contributed by atoms with Crippen molar-refractivity contribution in [1.29, 1.82) is 0 Å². The molecule has 31 heavy (non-hydrogen) atoms. The molecule has 2 aromatic rings. The highest BCUT2D eigenvalue weighted by molar-refractivity contribution is 6.30. The minimum absolute atomic E-state index is 0.280. The molecule has 4 amide bonds. The van der Waals surface area contributed by atoms with Gasteiger partial charge in [0.05, 0.1) is 6.04 Å². The second kappa shape index (κ2) is 9.10. The Hall–Kier alpha value is -2.86. The summed E-state index contributed by atoms with van der Waals surface area (Å²) in [4.78, 5) is 39.7. The Bertz CT molecular complexity index is 954. The number of hydrogen-bond acceptors (Lipinski definition) is 3. The normalized spacial score (nSPS) is 19.1. The molecule has 0 aromatic heterocycles. The number of nitrogens with zero attached hydrogens (tertiary/aromatic N) is 1. The number of imide groups is 1. The fourth-order valence-electron chi connectivity index (χ4n) is 4.50. The maximum atomic E-state index is 13.1. The summed E-state index contributed by atoms with van der Waals surface area (Å²) in [5, 5.41) is 6.47. The second-order valence-electron chi connectivity index (χ2n) is 8.28. The molecule has 1 spiro atoms. The van der Waals surface area contributed by atoms with Crippen molar-refractivity contribution in [3.05, 3.63) is 70.7 Å². The Balaban J connectivity index is 1.51.